The van der Waals surface area contributed by atoms with Crippen molar-refractivity contribution in [3.8, 4) is 0 Å². The molecule has 0 fully saturated rings. The number of hydrogen-bond acceptors (Lipinski definition) is 3. The van der Waals surface area contributed by atoms with E-state index in [1.54, 1.807) is 0 Å². The maximum Gasteiger partial charge on any atom is 0.164 e. The van der Waals surface area contributed by atoms with Crippen molar-refractivity contribution in [1.82, 2.24) is 15.0 Å². The lowest BCUT2D eigenvalue weighted by Crippen LogP contribution is -1.89. The number of rotatable bonds is 0. The fraction of sp³-hybridized carbons (Fsp3) is 0. The maximum atomic E-state index is 6.30. The van der Waals surface area contributed by atoms with Crippen molar-refractivity contribution in [2.75, 3.05) is 0 Å². The average molecular weight is 359 g/mol. The predicted octanol–water partition coefficient (Wildman–Crippen LogP) is 6.32. The molecule has 3 heterocycles. The lowest BCUT2D eigenvalue weighted by Gasteiger charge is -2.06. The summed E-state index contributed by atoms with van der Waals surface area (Å²) in [6.07, 6.45) is 0. The predicted molar refractivity (Wildman–Crippen MR) is 114 cm³/mol. The van der Waals surface area contributed by atoms with Gasteiger partial charge in [0, 0.05) is 16.2 Å². The second-order valence-electron chi connectivity index (χ2n) is 7.13. The van der Waals surface area contributed by atoms with E-state index in [2.05, 4.69) is 23.2 Å². The number of para-hydroxylation sites is 4. The van der Waals surface area contributed by atoms with Gasteiger partial charge in [0.15, 0.2) is 5.58 Å². The highest BCUT2D eigenvalue weighted by Gasteiger charge is 2.21. The van der Waals surface area contributed by atoms with Gasteiger partial charge in [0.05, 0.1) is 33.0 Å². The van der Waals surface area contributed by atoms with E-state index in [9.17, 15) is 0 Å². The van der Waals surface area contributed by atoms with Crippen molar-refractivity contribution >= 4 is 65.8 Å². The highest BCUT2D eigenvalue weighted by atomic mass is 16.3. The van der Waals surface area contributed by atoms with Crippen molar-refractivity contribution in [1.29, 1.82) is 0 Å². The van der Waals surface area contributed by atoms with Crippen LogP contribution in [-0.2, 0) is 0 Å². The van der Waals surface area contributed by atoms with Crippen molar-refractivity contribution in [3.63, 3.8) is 0 Å². The fourth-order valence-electron chi connectivity index (χ4n) is 4.36. The minimum Gasteiger partial charge on any atom is -0.454 e. The van der Waals surface area contributed by atoms with Crippen LogP contribution in [0, 0.1) is 0 Å². The molecule has 0 radical (unpaired) electrons. The molecule has 4 heteroatoms. The Bertz CT molecular complexity index is 1590. The van der Waals surface area contributed by atoms with Crippen molar-refractivity contribution in [2.45, 2.75) is 0 Å². The molecular weight excluding hydrogens is 346 g/mol. The molecule has 28 heavy (non-hydrogen) atoms. The van der Waals surface area contributed by atoms with Crippen LogP contribution in [0.2, 0.25) is 0 Å². The molecular formula is C24H13N3O. The van der Waals surface area contributed by atoms with Crippen LogP contribution in [0.5, 0.6) is 0 Å². The maximum absolute atomic E-state index is 6.30. The van der Waals surface area contributed by atoms with E-state index in [-0.39, 0.29) is 0 Å². The summed E-state index contributed by atoms with van der Waals surface area (Å²) < 4.78 is 6.30. The number of H-pyrrole nitrogens is 1. The van der Waals surface area contributed by atoms with Gasteiger partial charge in [-0.1, -0.05) is 48.5 Å². The zero-order valence-corrected chi connectivity index (χ0v) is 14.7. The molecule has 0 atom stereocenters. The topological polar surface area (TPSA) is 54.7 Å². The summed E-state index contributed by atoms with van der Waals surface area (Å²) in [4.78, 5) is 13.6. The number of aromatic nitrogens is 3. The van der Waals surface area contributed by atoms with Gasteiger partial charge in [0.25, 0.3) is 0 Å². The van der Waals surface area contributed by atoms with E-state index in [1.807, 2.05) is 54.6 Å². The van der Waals surface area contributed by atoms with Crippen LogP contribution in [0.3, 0.4) is 0 Å². The Balaban J connectivity index is 1.91. The summed E-state index contributed by atoms with van der Waals surface area (Å²) in [5.41, 5.74) is 7.37. The normalized spacial score (nSPS) is 12.3. The molecule has 1 N–H and O–H groups in total. The first-order valence-corrected chi connectivity index (χ1v) is 9.28. The molecule has 0 spiro atoms. The number of fused-ring (bicyclic) bond motifs is 11. The number of furan rings is 1. The van der Waals surface area contributed by atoms with Crippen LogP contribution in [-0.4, -0.2) is 15.0 Å². The van der Waals surface area contributed by atoms with Gasteiger partial charge in [-0.05, 0) is 24.3 Å². The van der Waals surface area contributed by atoms with Gasteiger partial charge in [-0.25, -0.2) is 9.97 Å². The Morgan fingerprint density at radius 3 is 2.29 bits per heavy atom. The van der Waals surface area contributed by atoms with E-state index < -0.39 is 0 Å². The van der Waals surface area contributed by atoms with E-state index in [0.29, 0.717) is 0 Å². The van der Waals surface area contributed by atoms with Crippen molar-refractivity contribution < 1.29 is 4.42 Å². The third-order valence-electron chi connectivity index (χ3n) is 5.57. The second-order valence-corrected chi connectivity index (χ2v) is 7.13. The third kappa shape index (κ3) is 1.65. The van der Waals surface area contributed by atoms with Crippen LogP contribution in [0.25, 0.3) is 65.8 Å². The lowest BCUT2D eigenvalue weighted by atomic mass is 10.1. The van der Waals surface area contributed by atoms with Crippen LogP contribution < -0.4 is 0 Å². The largest absolute Gasteiger partial charge is 0.454 e. The Morgan fingerprint density at radius 1 is 0.643 bits per heavy atom. The molecule has 0 aliphatic heterocycles. The molecule has 130 valence electrons. The molecule has 7 aromatic rings. The van der Waals surface area contributed by atoms with Gasteiger partial charge in [-0.15, -0.1) is 0 Å². The number of nitrogens with one attached hydrogen (secondary N) is 1. The molecule has 4 aromatic carbocycles. The summed E-state index contributed by atoms with van der Waals surface area (Å²) in [5.74, 6) is 0. The Kier molecular flexibility index (Phi) is 2.46. The smallest absolute Gasteiger partial charge is 0.164 e. The van der Waals surface area contributed by atoms with E-state index in [1.165, 1.54) is 0 Å². The molecule has 0 amide bonds. The minimum atomic E-state index is 0.802. The molecule has 0 unspecified atom stereocenters. The van der Waals surface area contributed by atoms with Crippen LogP contribution in [0.15, 0.2) is 77.2 Å². The van der Waals surface area contributed by atoms with Crippen molar-refractivity contribution in [3.05, 3.63) is 72.8 Å². The van der Waals surface area contributed by atoms with E-state index >= 15 is 0 Å². The fourth-order valence-corrected chi connectivity index (χ4v) is 4.36. The summed E-state index contributed by atoms with van der Waals surface area (Å²) in [6, 6.07) is 24.5. The molecule has 0 saturated carbocycles. The quantitative estimate of drug-likeness (QED) is 0.323. The lowest BCUT2D eigenvalue weighted by molar-refractivity contribution is 0.672. The zero-order chi connectivity index (χ0) is 18.2. The molecule has 4 nitrogen and oxygen atoms in total. The molecule has 3 aromatic heterocycles. The first kappa shape index (κ1) is 14.2. The van der Waals surface area contributed by atoms with Gasteiger partial charge in [0.2, 0.25) is 0 Å². The summed E-state index contributed by atoms with van der Waals surface area (Å²) in [7, 11) is 0. The van der Waals surface area contributed by atoms with Gasteiger partial charge >= 0.3 is 0 Å². The molecule has 7 rings (SSSR count). The zero-order valence-electron chi connectivity index (χ0n) is 14.7. The number of hydrogen-bond donors (Lipinski definition) is 1. The van der Waals surface area contributed by atoms with E-state index in [4.69, 9.17) is 14.4 Å². The van der Waals surface area contributed by atoms with Crippen molar-refractivity contribution in [2.24, 2.45) is 0 Å². The first-order chi connectivity index (χ1) is 13.9. The van der Waals surface area contributed by atoms with Gasteiger partial charge in [-0.3, -0.25) is 0 Å². The van der Waals surface area contributed by atoms with Gasteiger partial charge in [-0.2, -0.15) is 0 Å². The Morgan fingerprint density at radius 2 is 1.36 bits per heavy atom. The Hall–Kier alpha value is -3.92. The number of benzene rings is 4. The number of aromatic amines is 1. The number of nitrogens with zero attached hydrogens (tertiary/aromatic N) is 2. The SMILES string of the molecule is c1ccc2[nH]c3c(nc2c1)c1c2ccccc2oc1c1nc2ccccc2c13. The van der Waals surface area contributed by atoms with Gasteiger partial charge in [0.1, 0.15) is 11.1 Å². The van der Waals surface area contributed by atoms with Gasteiger partial charge < -0.3 is 9.40 Å². The highest BCUT2D eigenvalue weighted by molar-refractivity contribution is 6.33. The summed E-state index contributed by atoms with van der Waals surface area (Å²) >= 11 is 0. The highest BCUT2D eigenvalue weighted by Crippen LogP contribution is 2.42. The third-order valence-corrected chi connectivity index (χ3v) is 5.57. The van der Waals surface area contributed by atoms with Crippen LogP contribution >= 0.6 is 0 Å². The van der Waals surface area contributed by atoms with E-state index in [0.717, 1.165) is 65.8 Å². The second kappa shape index (κ2) is 4.87. The standard InChI is InChI=1S/C24H13N3O/c1-3-9-15-13(7-1)19-21-22(27-17-11-5-4-10-16(17)26-21)20-14-8-2-6-12-18(14)28-24(20)23(19)25-15/h1-12,26H. The first-order valence-electron chi connectivity index (χ1n) is 9.28. The molecule has 0 saturated heterocycles. The summed E-state index contributed by atoms with van der Waals surface area (Å²) in [5, 5.41) is 4.25. The minimum absolute atomic E-state index is 0.802. The van der Waals surface area contributed by atoms with Crippen LogP contribution in [0.4, 0.5) is 0 Å². The Labute approximate surface area is 158 Å². The molecule has 0 bridgehead atoms. The summed E-state index contributed by atoms with van der Waals surface area (Å²) in [6.45, 7) is 0. The van der Waals surface area contributed by atoms with Crippen LogP contribution in [0.1, 0.15) is 0 Å². The average Bonchev–Trinajstić information content (AvgIpc) is 3.32. The molecule has 0 aliphatic carbocycles. The monoisotopic (exact) mass is 359 g/mol. The molecule has 0 aliphatic rings.